The summed E-state index contributed by atoms with van der Waals surface area (Å²) in [5.41, 5.74) is 3.06. The van der Waals surface area contributed by atoms with Crippen molar-refractivity contribution in [3.8, 4) is 0 Å². The first-order valence-electron chi connectivity index (χ1n) is 8.92. The topological polar surface area (TPSA) is 40.5 Å². The van der Waals surface area contributed by atoms with Crippen LogP contribution < -0.4 is 0 Å². The molecule has 2 N–H and O–H groups in total. The van der Waals surface area contributed by atoms with Gasteiger partial charge in [0, 0.05) is 6.61 Å². The molecular weight excluding hydrogens is 272 g/mol. The predicted octanol–water partition coefficient (Wildman–Crippen LogP) is 4.48. The first-order chi connectivity index (χ1) is 10.4. The zero-order valence-electron chi connectivity index (χ0n) is 14.7. The van der Waals surface area contributed by atoms with Gasteiger partial charge in [-0.25, -0.2) is 0 Å². The maximum atomic E-state index is 9.98. The van der Waals surface area contributed by atoms with Gasteiger partial charge in [0.2, 0.25) is 0 Å². The summed E-state index contributed by atoms with van der Waals surface area (Å²) in [4.78, 5) is 0. The van der Waals surface area contributed by atoms with Gasteiger partial charge in [-0.1, -0.05) is 44.1 Å². The molecule has 126 valence electrons. The van der Waals surface area contributed by atoms with E-state index in [-0.39, 0.29) is 17.4 Å². The average molecular weight is 306 g/mol. The fraction of sp³-hybridized carbons (Fsp3) is 0.800. The monoisotopic (exact) mass is 306 g/mol. The van der Waals surface area contributed by atoms with Crippen molar-refractivity contribution in [2.75, 3.05) is 13.2 Å². The molecule has 2 fully saturated rings. The highest BCUT2D eigenvalue weighted by atomic mass is 16.3. The molecule has 0 amide bonds. The highest BCUT2D eigenvalue weighted by Gasteiger charge is 2.53. The third-order valence-corrected chi connectivity index (χ3v) is 6.77. The van der Waals surface area contributed by atoms with Crippen LogP contribution in [0.15, 0.2) is 23.8 Å². The summed E-state index contributed by atoms with van der Waals surface area (Å²) in [7, 11) is 0. The molecule has 2 rings (SSSR count). The lowest BCUT2D eigenvalue weighted by Crippen LogP contribution is -2.51. The Morgan fingerprint density at radius 3 is 2.68 bits per heavy atom. The molecule has 0 bridgehead atoms. The second-order valence-electron chi connectivity index (χ2n) is 8.25. The highest BCUT2D eigenvalue weighted by molar-refractivity contribution is 5.17. The van der Waals surface area contributed by atoms with Gasteiger partial charge in [0.25, 0.3) is 0 Å². The molecule has 2 aliphatic rings. The Hall–Kier alpha value is -0.600. The molecule has 0 aromatic heterocycles. The molecule has 4 atom stereocenters. The van der Waals surface area contributed by atoms with Crippen LogP contribution in [0.1, 0.15) is 65.7 Å². The summed E-state index contributed by atoms with van der Waals surface area (Å²) in [5.74, 6) is 1.16. The van der Waals surface area contributed by atoms with Crippen molar-refractivity contribution in [3.05, 3.63) is 23.8 Å². The molecule has 22 heavy (non-hydrogen) atoms. The van der Waals surface area contributed by atoms with Gasteiger partial charge in [0.15, 0.2) is 0 Å². The zero-order chi connectivity index (χ0) is 16.4. The standard InChI is InChI=1S/C20H34O2/c1-15(10-13-21)6-8-17-16(2)7-9-18-19(3,14-22)11-5-12-20(17,18)4/h10,17-18,21-22H,2,5-9,11-14H2,1,3-4H3/b15-10-/t17-,18?,19-,20+/m0/s1. The summed E-state index contributed by atoms with van der Waals surface area (Å²) in [6.07, 6.45) is 10.0. The number of rotatable bonds is 5. The van der Waals surface area contributed by atoms with E-state index < -0.39 is 0 Å². The number of hydrogen-bond donors (Lipinski definition) is 2. The van der Waals surface area contributed by atoms with Crippen LogP contribution in [0.4, 0.5) is 0 Å². The van der Waals surface area contributed by atoms with E-state index in [0.29, 0.717) is 18.4 Å². The van der Waals surface area contributed by atoms with Crippen molar-refractivity contribution >= 4 is 0 Å². The lowest BCUT2D eigenvalue weighted by Gasteiger charge is -2.58. The smallest absolute Gasteiger partial charge is 0.0614 e. The van der Waals surface area contributed by atoms with Crippen LogP contribution in [-0.2, 0) is 0 Å². The van der Waals surface area contributed by atoms with Gasteiger partial charge in [-0.15, -0.1) is 0 Å². The molecule has 0 heterocycles. The molecular formula is C20H34O2. The summed E-state index contributed by atoms with van der Waals surface area (Å²) in [5, 5.41) is 19.0. The first-order valence-corrected chi connectivity index (χ1v) is 8.92. The maximum Gasteiger partial charge on any atom is 0.0614 e. The molecule has 0 aromatic carbocycles. The van der Waals surface area contributed by atoms with Gasteiger partial charge in [-0.05, 0) is 68.1 Å². The average Bonchev–Trinajstić information content (AvgIpc) is 2.46. The van der Waals surface area contributed by atoms with Crippen LogP contribution in [0.2, 0.25) is 0 Å². The molecule has 1 unspecified atom stereocenters. The SMILES string of the molecule is C=C1CCC2[C@](C)(CO)CCC[C@]2(C)[C@H]1CC/C(C)=C\CO. The number of aliphatic hydroxyl groups is 2. The first kappa shape index (κ1) is 17.7. The van der Waals surface area contributed by atoms with E-state index in [1.165, 1.54) is 30.4 Å². The molecule has 0 aliphatic heterocycles. The molecule has 2 saturated carbocycles. The third-order valence-electron chi connectivity index (χ3n) is 6.77. The summed E-state index contributed by atoms with van der Waals surface area (Å²) in [6.45, 7) is 11.7. The van der Waals surface area contributed by atoms with E-state index in [1.54, 1.807) is 0 Å². The van der Waals surface area contributed by atoms with E-state index in [1.807, 2.05) is 6.08 Å². The van der Waals surface area contributed by atoms with Gasteiger partial charge in [-0.2, -0.15) is 0 Å². The quantitative estimate of drug-likeness (QED) is 0.735. The molecule has 2 nitrogen and oxygen atoms in total. The fourth-order valence-electron chi connectivity index (χ4n) is 5.44. The molecule has 0 aromatic rings. The second kappa shape index (κ2) is 6.88. The number of aliphatic hydroxyl groups excluding tert-OH is 2. The minimum Gasteiger partial charge on any atom is -0.396 e. The van der Waals surface area contributed by atoms with E-state index in [2.05, 4.69) is 27.4 Å². The number of hydrogen-bond acceptors (Lipinski definition) is 2. The van der Waals surface area contributed by atoms with Crippen LogP contribution in [-0.4, -0.2) is 23.4 Å². The second-order valence-corrected chi connectivity index (χ2v) is 8.25. The van der Waals surface area contributed by atoms with Gasteiger partial charge >= 0.3 is 0 Å². The Morgan fingerprint density at radius 2 is 2.05 bits per heavy atom. The maximum absolute atomic E-state index is 9.98. The molecule has 0 radical (unpaired) electrons. The van der Waals surface area contributed by atoms with Crippen molar-refractivity contribution in [2.24, 2.45) is 22.7 Å². The molecule has 0 spiro atoms. The van der Waals surface area contributed by atoms with Crippen molar-refractivity contribution in [3.63, 3.8) is 0 Å². The lowest BCUT2D eigenvalue weighted by molar-refractivity contribution is -0.0858. The van der Waals surface area contributed by atoms with Crippen LogP contribution in [0.25, 0.3) is 0 Å². The van der Waals surface area contributed by atoms with Gasteiger partial charge in [-0.3, -0.25) is 0 Å². The van der Waals surface area contributed by atoms with Crippen molar-refractivity contribution < 1.29 is 10.2 Å². The Balaban J connectivity index is 2.20. The Bertz CT molecular complexity index is 439. The van der Waals surface area contributed by atoms with Crippen LogP contribution >= 0.6 is 0 Å². The van der Waals surface area contributed by atoms with Crippen LogP contribution in [0.5, 0.6) is 0 Å². The Morgan fingerprint density at radius 1 is 1.32 bits per heavy atom. The Kier molecular flexibility index (Phi) is 5.55. The fourth-order valence-corrected chi connectivity index (χ4v) is 5.44. The van der Waals surface area contributed by atoms with E-state index in [0.717, 1.165) is 25.7 Å². The van der Waals surface area contributed by atoms with Gasteiger partial charge in [0.05, 0.1) is 6.61 Å². The largest absolute Gasteiger partial charge is 0.396 e. The minimum atomic E-state index is 0.0853. The minimum absolute atomic E-state index is 0.0853. The van der Waals surface area contributed by atoms with E-state index in [9.17, 15) is 5.11 Å². The van der Waals surface area contributed by atoms with Gasteiger partial charge < -0.3 is 10.2 Å². The predicted molar refractivity (Wildman–Crippen MR) is 92.6 cm³/mol. The third kappa shape index (κ3) is 3.19. The number of fused-ring (bicyclic) bond motifs is 1. The van der Waals surface area contributed by atoms with Gasteiger partial charge in [0.1, 0.15) is 0 Å². The summed E-state index contributed by atoms with van der Waals surface area (Å²) in [6, 6.07) is 0. The van der Waals surface area contributed by atoms with E-state index >= 15 is 0 Å². The summed E-state index contributed by atoms with van der Waals surface area (Å²) >= 11 is 0. The highest BCUT2D eigenvalue weighted by Crippen LogP contribution is 2.61. The zero-order valence-corrected chi connectivity index (χ0v) is 14.7. The lowest BCUT2D eigenvalue weighted by atomic mass is 9.47. The normalized spacial score (nSPS) is 39.7. The van der Waals surface area contributed by atoms with Crippen LogP contribution in [0, 0.1) is 22.7 Å². The van der Waals surface area contributed by atoms with Crippen molar-refractivity contribution in [2.45, 2.75) is 65.7 Å². The molecule has 0 saturated heterocycles. The van der Waals surface area contributed by atoms with Crippen molar-refractivity contribution in [1.29, 1.82) is 0 Å². The van der Waals surface area contributed by atoms with Crippen molar-refractivity contribution in [1.82, 2.24) is 0 Å². The summed E-state index contributed by atoms with van der Waals surface area (Å²) < 4.78 is 0. The molecule has 2 aliphatic carbocycles. The Labute approximate surface area is 136 Å². The molecule has 2 heteroatoms. The van der Waals surface area contributed by atoms with Crippen LogP contribution in [0.3, 0.4) is 0 Å². The van der Waals surface area contributed by atoms with E-state index in [4.69, 9.17) is 5.11 Å². The number of allylic oxidation sites excluding steroid dienone is 2.